The lowest BCUT2D eigenvalue weighted by molar-refractivity contribution is 0.282. The van der Waals surface area contributed by atoms with Gasteiger partial charge in [-0.1, -0.05) is 34.1 Å². The van der Waals surface area contributed by atoms with Crippen LogP contribution in [-0.2, 0) is 6.61 Å². The van der Waals surface area contributed by atoms with E-state index in [0.29, 0.717) is 11.4 Å². The molecule has 0 fully saturated rings. The van der Waals surface area contributed by atoms with Crippen LogP contribution in [0.25, 0.3) is 11.1 Å². The number of hydrogen-bond donors (Lipinski definition) is 2. The first-order valence-corrected chi connectivity index (χ1v) is 5.62. The van der Waals surface area contributed by atoms with Crippen LogP contribution < -0.4 is 5.73 Å². The standard InChI is InChI=1S/C12H11BrN2O/c13-11-4-2-1-3-10(11)8-5-9(7-16)12(14)15-6-8/h1-6,16H,7H2,(H2,14,15). The molecule has 1 aromatic heterocycles. The maximum absolute atomic E-state index is 9.13. The number of rotatable bonds is 2. The van der Waals surface area contributed by atoms with Gasteiger partial charge >= 0.3 is 0 Å². The molecule has 2 rings (SSSR count). The van der Waals surface area contributed by atoms with Gasteiger partial charge in [-0.2, -0.15) is 0 Å². The van der Waals surface area contributed by atoms with Crippen LogP contribution in [0.4, 0.5) is 5.82 Å². The normalized spacial score (nSPS) is 10.4. The second-order valence-electron chi connectivity index (χ2n) is 3.41. The maximum Gasteiger partial charge on any atom is 0.128 e. The summed E-state index contributed by atoms with van der Waals surface area (Å²) in [4.78, 5) is 4.06. The molecule has 0 spiro atoms. The lowest BCUT2D eigenvalue weighted by Crippen LogP contribution is -1.98. The molecule has 2 aromatic rings. The Morgan fingerprint density at radius 1 is 1.31 bits per heavy atom. The number of nitrogens with zero attached hydrogens (tertiary/aromatic N) is 1. The summed E-state index contributed by atoms with van der Waals surface area (Å²) in [6.45, 7) is -0.100. The number of nitrogens with two attached hydrogens (primary N) is 1. The highest BCUT2D eigenvalue weighted by Gasteiger charge is 2.06. The number of anilines is 1. The zero-order valence-electron chi connectivity index (χ0n) is 8.52. The molecule has 0 atom stereocenters. The first kappa shape index (κ1) is 11.1. The minimum atomic E-state index is -0.100. The number of pyridine rings is 1. The summed E-state index contributed by atoms with van der Waals surface area (Å²) in [6.07, 6.45) is 1.70. The molecule has 3 nitrogen and oxygen atoms in total. The van der Waals surface area contributed by atoms with Crippen LogP contribution in [0.3, 0.4) is 0 Å². The zero-order valence-corrected chi connectivity index (χ0v) is 10.1. The molecule has 0 saturated heterocycles. The number of aliphatic hydroxyl groups is 1. The first-order valence-electron chi connectivity index (χ1n) is 4.82. The van der Waals surface area contributed by atoms with E-state index in [2.05, 4.69) is 20.9 Å². The van der Waals surface area contributed by atoms with Crippen molar-refractivity contribution in [1.29, 1.82) is 0 Å². The summed E-state index contributed by atoms with van der Waals surface area (Å²) in [5, 5.41) is 9.13. The molecule has 0 amide bonds. The molecule has 0 radical (unpaired) electrons. The van der Waals surface area contributed by atoms with Crippen LogP contribution >= 0.6 is 15.9 Å². The van der Waals surface area contributed by atoms with Crippen molar-refractivity contribution in [3.63, 3.8) is 0 Å². The Morgan fingerprint density at radius 3 is 2.75 bits per heavy atom. The molecule has 16 heavy (non-hydrogen) atoms. The summed E-state index contributed by atoms with van der Waals surface area (Å²) < 4.78 is 0.991. The number of hydrogen-bond acceptors (Lipinski definition) is 3. The minimum absolute atomic E-state index is 0.100. The van der Waals surface area contributed by atoms with Crippen LogP contribution in [0.15, 0.2) is 41.0 Å². The van der Waals surface area contributed by atoms with Crippen molar-refractivity contribution in [3.05, 3.63) is 46.6 Å². The van der Waals surface area contributed by atoms with Crippen LogP contribution in [0, 0.1) is 0 Å². The molecule has 0 saturated carbocycles. The molecule has 4 heteroatoms. The van der Waals surface area contributed by atoms with Gasteiger partial charge in [-0.15, -0.1) is 0 Å². The van der Waals surface area contributed by atoms with Crippen molar-refractivity contribution in [3.8, 4) is 11.1 Å². The molecule has 0 bridgehead atoms. The maximum atomic E-state index is 9.13. The average molecular weight is 279 g/mol. The van der Waals surface area contributed by atoms with E-state index >= 15 is 0 Å². The van der Waals surface area contributed by atoms with Gasteiger partial charge in [-0.3, -0.25) is 0 Å². The Bertz CT molecular complexity index is 514. The molecule has 1 heterocycles. The van der Waals surface area contributed by atoms with E-state index in [-0.39, 0.29) is 6.61 Å². The quantitative estimate of drug-likeness (QED) is 0.888. The topological polar surface area (TPSA) is 59.1 Å². The van der Waals surface area contributed by atoms with Gasteiger partial charge in [0.1, 0.15) is 5.82 Å². The van der Waals surface area contributed by atoms with E-state index in [0.717, 1.165) is 15.6 Å². The van der Waals surface area contributed by atoms with E-state index in [4.69, 9.17) is 10.8 Å². The SMILES string of the molecule is Nc1ncc(-c2ccccc2Br)cc1CO. The second-order valence-corrected chi connectivity index (χ2v) is 4.26. The van der Waals surface area contributed by atoms with Crippen LogP contribution in [-0.4, -0.2) is 10.1 Å². The monoisotopic (exact) mass is 278 g/mol. The van der Waals surface area contributed by atoms with Crippen molar-refractivity contribution in [2.75, 3.05) is 5.73 Å². The Morgan fingerprint density at radius 2 is 2.06 bits per heavy atom. The second kappa shape index (κ2) is 4.63. The van der Waals surface area contributed by atoms with E-state index in [1.807, 2.05) is 30.3 Å². The van der Waals surface area contributed by atoms with Gasteiger partial charge in [0.2, 0.25) is 0 Å². The van der Waals surface area contributed by atoms with E-state index in [1.165, 1.54) is 0 Å². The predicted molar refractivity (Wildman–Crippen MR) is 67.7 cm³/mol. The molecular weight excluding hydrogens is 268 g/mol. The van der Waals surface area contributed by atoms with Gasteiger partial charge < -0.3 is 10.8 Å². The summed E-state index contributed by atoms with van der Waals surface area (Å²) >= 11 is 3.48. The number of nitrogen functional groups attached to an aromatic ring is 1. The highest BCUT2D eigenvalue weighted by atomic mass is 79.9. The first-order chi connectivity index (χ1) is 7.72. The van der Waals surface area contributed by atoms with Gasteiger partial charge in [-0.25, -0.2) is 4.98 Å². The van der Waals surface area contributed by atoms with Gasteiger partial charge in [0, 0.05) is 21.8 Å². The van der Waals surface area contributed by atoms with Crippen molar-refractivity contribution in [1.82, 2.24) is 4.98 Å². The number of aromatic nitrogens is 1. The van der Waals surface area contributed by atoms with Crippen LogP contribution in [0.5, 0.6) is 0 Å². The predicted octanol–water partition coefficient (Wildman–Crippen LogP) is 2.59. The molecule has 3 N–H and O–H groups in total. The van der Waals surface area contributed by atoms with E-state index in [9.17, 15) is 0 Å². The third-order valence-electron chi connectivity index (χ3n) is 2.36. The molecule has 1 aromatic carbocycles. The Hall–Kier alpha value is -1.39. The third kappa shape index (κ3) is 2.08. The van der Waals surface area contributed by atoms with Crippen LogP contribution in [0.1, 0.15) is 5.56 Å². The zero-order chi connectivity index (χ0) is 11.5. The highest BCUT2D eigenvalue weighted by molar-refractivity contribution is 9.10. The van der Waals surface area contributed by atoms with Crippen molar-refractivity contribution in [2.24, 2.45) is 0 Å². The van der Waals surface area contributed by atoms with E-state index in [1.54, 1.807) is 6.20 Å². The van der Waals surface area contributed by atoms with Crippen molar-refractivity contribution < 1.29 is 5.11 Å². The largest absolute Gasteiger partial charge is 0.392 e. The number of benzene rings is 1. The third-order valence-corrected chi connectivity index (χ3v) is 3.05. The Balaban J connectivity index is 2.53. The van der Waals surface area contributed by atoms with Crippen LogP contribution in [0.2, 0.25) is 0 Å². The molecule has 0 aliphatic carbocycles. The summed E-state index contributed by atoms with van der Waals surface area (Å²) in [5.41, 5.74) is 8.25. The number of aliphatic hydroxyl groups excluding tert-OH is 1. The summed E-state index contributed by atoms with van der Waals surface area (Å²) in [5.74, 6) is 0.373. The lowest BCUT2D eigenvalue weighted by Gasteiger charge is -2.07. The minimum Gasteiger partial charge on any atom is -0.392 e. The smallest absolute Gasteiger partial charge is 0.128 e. The van der Waals surface area contributed by atoms with Gasteiger partial charge in [-0.05, 0) is 17.7 Å². The molecule has 82 valence electrons. The summed E-state index contributed by atoms with van der Waals surface area (Å²) in [6, 6.07) is 9.70. The van der Waals surface area contributed by atoms with Gasteiger partial charge in [0.25, 0.3) is 0 Å². The molecular formula is C12H11BrN2O. The fourth-order valence-electron chi connectivity index (χ4n) is 1.49. The highest BCUT2D eigenvalue weighted by Crippen LogP contribution is 2.28. The van der Waals surface area contributed by atoms with Crippen molar-refractivity contribution >= 4 is 21.7 Å². The Labute approximate surface area is 102 Å². The lowest BCUT2D eigenvalue weighted by atomic mass is 10.1. The van der Waals surface area contributed by atoms with Crippen molar-refractivity contribution in [2.45, 2.75) is 6.61 Å². The molecule has 0 aliphatic rings. The number of halogens is 1. The fourth-order valence-corrected chi connectivity index (χ4v) is 2.00. The van der Waals surface area contributed by atoms with Gasteiger partial charge in [0.05, 0.1) is 6.61 Å². The Kier molecular flexibility index (Phi) is 3.22. The average Bonchev–Trinajstić information content (AvgIpc) is 2.31. The summed E-state index contributed by atoms with van der Waals surface area (Å²) in [7, 11) is 0. The van der Waals surface area contributed by atoms with E-state index < -0.39 is 0 Å². The fraction of sp³-hybridized carbons (Fsp3) is 0.0833. The molecule has 0 aliphatic heterocycles. The van der Waals surface area contributed by atoms with Gasteiger partial charge in [0.15, 0.2) is 0 Å². The molecule has 0 unspecified atom stereocenters.